The van der Waals surface area contributed by atoms with Crippen molar-refractivity contribution in [2.75, 3.05) is 98.8 Å². The highest BCUT2D eigenvalue weighted by atomic mass is 32.2. The van der Waals surface area contributed by atoms with E-state index in [1.54, 1.807) is 79.5 Å². The molecule has 6 rings (SSSR count). The van der Waals surface area contributed by atoms with Crippen LogP contribution in [0.5, 0.6) is 34.5 Å². The van der Waals surface area contributed by atoms with E-state index in [0.29, 0.717) is 71.8 Å². The Labute approximate surface area is 405 Å². The molecule has 4 aromatic carbocycles. The van der Waals surface area contributed by atoms with Gasteiger partial charge in [0.15, 0.2) is 23.0 Å². The average Bonchev–Trinajstić information content (AvgIpc) is 3.31. The van der Waals surface area contributed by atoms with E-state index in [0.717, 1.165) is 22.3 Å². The summed E-state index contributed by atoms with van der Waals surface area (Å²) < 4.78 is 105. The maximum atomic E-state index is 13.8. The molecule has 2 heterocycles. The molecule has 0 saturated carbocycles. The summed E-state index contributed by atoms with van der Waals surface area (Å²) >= 11 is 0. The molecule has 0 atom stereocenters. The van der Waals surface area contributed by atoms with Crippen LogP contribution in [-0.2, 0) is 20.2 Å². The average molecular weight is 997 g/mol. The summed E-state index contributed by atoms with van der Waals surface area (Å²) in [6.07, 6.45) is -0.272. The van der Waals surface area contributed by atoms with Gasteiger partial charge in [0.2, 0.25) is 11.5 Å². The Hall–Kier alpha value is -5.64. The highest BCUT2D eigenvalue weighted by molar-refractivity contribution is 7.86. The Balaban J connectivity index is 1.09. The monoisotopic (exact) mass is 996 g/mol. The van der Waals surface area contributed by atoms with Crippen LogP contribution >= 0.6 is 0 Å². The number of rotatable bonds is 20. The first kappa shape index (κ1) is 52.7. The lowest BCUT2D eigenvalue weighted by atomic mass is 9.95. The van der Waals surface area contributed by atoms with E-state index in [-0.39, 0.29) is 63.2 Å². The van der Waals surface area contributed by atoms with E-state index < -0.39 is 37.3 Å². The van der Waals surface area contributed by atoms with Gasteiger partial charge in [0, 0.05) is 70.0 Å². The summed E-state index contributed by atoms with van der Waals surface area (Å²) in [4.78, 5) is 34.4. The van der Waals surface area contributed by atoms with Crippen LogP contribution in [0.25, 0.3) is 22.3 Å². The molecular formula is C49H64N4O14S2. The van der Waals surface area contributed by atoms with E-state index in [1.165, 1.54) is 0 Å². The fraction of sp³-hybridized carbons (Fsp3) is 0.469. The first-order chi connectivity index (χ1) is 32.7. The van der Waals surface area contributed by atoms with Crippen LogP contribution in [0.4, 0.5) is 0 Å². The number of piperazine rings is 2. The van der Waals surface area contributed by atoms with Crippen molar-refractivity contribution in [3.63, 3.8) is 0 Å². The predicted molar refractivity (Wildman–Crippen MR) is 261 cm³/mol. The quantitative estimate of drug-likeness (QED) is 0.101. The minimum atomic E-state index is -4.77. The molecule has 18 nitrogen and oxygen atoms in total. The van der Waals surface area contributed by atoms with Crippen molar-refractivity contribution in [3.05, 3.63) is 83.9 Å². The minimum Gasteiger partial charge on any atom is -0.493 e. The van der Waals surface area contributed by atoms with Crippen LogP contribution in [0.1, 0.15) is 54.8 Å². The Morgan fingerprint density at radius 2 is 0.870 bits per heavy atom. The molecule has 2 N–H and O–H groups in total. The Morgan fingerprint density at radius 3 is 1.17 bits per heavy atom. The minimum absolute atomic E-state index is 0.0578. The summed E-state index contributed by atoms with van der Waals surface area (Å²) in [7, 11) is -3.34. The smallest absolute Gasteiger partial charge is 0.266 e. The van der Waals surface area contributed by atoms with Gasteiger partial charge in [-0.25, -0.2) is 0 Å². The second kappa shape index (κ2) is 22.4. The van der Waals surface area contributed by atoms with Crippen molar-refractivity contribution >= 4 is 32.1 Å². The number of hydrogen-bond donors (Lipinski definition) is 2. The molecule has 0 spiro atoms. The maximum absolute atomic E-state index is 13.8. The molecule has 376 valence electrons. The molecule has 2 amide bonds. The standard InChI is InChI=1S/C49H64N4O14S2/c1-33(2)66-45-41(62-5)27-39(28-42(45)63-6)35-9-13-37(14-10-35)47(54)51-21-19-50(20-22-51)18-17-49(31-68(56,57)58,32-69(59,60)61)53-25-23-52(24-26-53)48(55)38-15-11-36(12-16-38)40-29-43(64-7)46(67-34(3)4)44(30-40)65-8/h9-16,27-30,33-34H,17-26,31-32H2,1-8H3,(H,56,57,58)(H,59,60,61). The molecule has 0 unspecified atom stereocenters. The summed E-state index contributed by atoms with van der Waals surface area (Å²) in [5.74, 6) is 0.616. The number of benzene rings is 4. The normalized spacial score (nSPS) is 15.3. The Kier molecular flexibility index (Phi) is 17.1. The Morgan fingerprint density at radius 1 is 0.536 bits per heavy atom. The molecule has 20 heteroatoms. The van der Waals surface area contributed by atoms with E-state index in [2.05, 4.69) is 0 Å². The number of amides is 2. The number of carbonyl (C=O) groups is 2. The third kappa shape index (κ3) is 13.4. The van der Waals surface area contributed by atoms with Crippen LogP contribution in [0.3, 0.4) is 0 Å². The molecule has 2 fully saturated rings. The zero-order chi connectivity index (χ0) is 50.3. The van der Waals surface area contributed by atoms with Crippen molar-refractivity contribution in [2.24, 2.45) is 0 Å². The van der Waals surface area contributed by atoms with Crippen molar-refractivity contribution in [3.8, 4) is 56.8 Å². The number of methoxy groups -OCH3 is 4. The lowest BCUT2D eigenvalue weighted by Gasteiger charge is -2.47. The topological polar surface area (TPSA) is 211 Å². The molecule has 0 aromatic heterocycles. The van der Waals surface area contributed by atoms with Crippen LogP contribution in [0.15, 0.2) is 72.8 Å². The molecular weight excluding hydrogens is 933 g/mol. The van der Waals surface area contributed by atoms with Crippen LogP contribution in [0, 0.1) is 0 Å². The van der Waals surface area contributed by atoms with Gasteiger partial charge in [0.25, 0.3) is 32.1 Å². The molecule has 2 aliphatic heterocycles. The summed E-state index contributed by atoms with van der Waals surface area (Å²) in [5, 5.41) is 0. The van der Waals surface area contributed by atoms with Gasteiger partial charge in [-0.15, -0.1) is 0 Å². The fourth-order valence-electron chi connectivity index (χ4n) is 8.90. The molecule has 69 heavy (non-hydrogen) atoms. The van der Waals surface area contributed by atoms with Gasteiger partial charge in [0.05, 0.1) is 57.7 Å². The molecule has 4 aromatic rings. The molecule has 2 aliphatic rings. The SMILES string of the molecule is COc1cc(-c2ccc(C(=O)N3CCN(CCC(CS(=O)(=O)O)(CS(=O)(=O)O)N4CCN(C(=O)c5ccc(-c6cc(OC)c(OC(C)C)c(OC)c6)cc5)CC4)CC3)cc2)cc(OC)c1OC(C)C. The van der Waals surface area contributed by atoms with Crippen molar-refractivity contribution < 1.29 is 64.0 Å². The van der Waals surface area contributed by atoms with Crippen LogP contribution in [0.2, 0.25) is 0 Å². The third-order valence-corrected chi connectivity index (χ3v) is 14.1. The first-order valence-electron chi connectivity index (χ1n) is 22.7. The van der Waals surface area contributed by atoms with Gasteiger partial charge >= 0.3 is 0 Å². The van der Waals surface area contributed by atoms with Gasteiger partial charge in [0.1, 0.15) is 0 Å². The maximum Gasteiger partial charge on any atom is 0.266 e. The first-order valence-corrected chi connectivity index (χ1v) is 25.9. The van der Waals surface area contributed by atoms with Crippen LogP contribution < -0.4 is 28.4 Å². The van der Waals surface area contributed by atoms with E-state index in [9.17, 15) is 35.5 Å². The van der Waals surface area contributed by atoms with Gasteiger partial charge in [-0.1, -0.05) is 24.3 Å². The van der Waals surface area contributed by atoms with Crippen molar-refractivity contribution in [1.29, 1.82) is 0 Å². The van der Waals surface area contributed by atoms with Crippen LogP contribution in [-0.4, -0.2) is 174 Å². The van der Waals surface area contributed by atoms with Gasteiger partial charge in [-0.05, 0) is 105 Å². The van der Waals surface area contributed by atoms with Crippen molar-refractivity contribution in [2.45, 2.75) is 51.9 Å². The summed E-state index contributed by atoms with van der Waals surface area (Å²) in [6, 6.07) is 21.6. The second-order valence-corrected chi connectivity index (χ2v) is 20.7. The summed E-state index contributed by atoms with van der Waals surface area (Å²) in [6.45, 7) is 9.71. The zero-order valence-corrected chi connectivity index (χ0v) is 42.1. The molecule has 0 bridgehead atoms. The number of carbonyl (C=O) groups excluding carboxylic acids is 2. The van der Waals surface area contributed by atoms with Gasteiger partial charge in [-0.3, -0.25) is 28.5 Å². The lowest BCUT2D eigenvalue weighted by molar-refractivity contribution is 0.0316. The van der Waals surface area contributed by atoms with Gasteiger partial charge in [-0.2, -0.15) is 16.8 Å². The third-order valence-electron chi connectivity index (χ3n) is 12.3. The van der Waals surface area contributed by atoms with Gasteiger partial charge < -0.3 is 38.2 Å². The Bertz CT molecular complexity index is 2560. The predicted octanol–water partition coefficient (Wildman–Crippen LogP) is 5.75. The lowest BCUT2D eigenvalue weighted by Crippen LogP contribution is -2.64. The van der Waals surface area contributed by atoms with Crippen molar-refractivity contribution in [1.82, 2.24) is 19.6 Å². The van der Waals surface area contributed by atoms with E-state index >= 15 is 0 Å². The largest absolute Gasteiger partial charge is 0.493 e. The molecule has 0 aliphatic carbocycles. The highest BCUT2D eigenvalue weighted by Crippen LogP contribution is 2.43. The number of hydrogen-bond acceptors (Lipinski definition) is 14. The second-order valence-electron chi connectivity index (χ2n) is 17.7. The zero-order valence-electron chi connectivity index (χ0n) is 40.5. The molecule has 2 saturated heterocycles. The summed E-state index contributed by atoms with van der Waals surface area (Å²) in [5.41, 5.74) is 2.37. The molecule has 0 radical (unpaired) electrons. The van der Waals surface area contributed by atoms with E-state index in [4.69, 9.17) is 28.4 Å². The van der Waals surface area contributed by atoms with E-state index in [1.807, 2.05) is 69.0 Å². The number of nitrogens with zero attached hydrogens (tertiary/aromatic N) is 4. The highest BCUT2D eigenvalue weighted by Gasteiger charge is 2.45. The number of ether oxygens (including phenoxy) is 6. The fourth-order valence-corrected chi connectivity index (χ4v) is 11.2.